The third-order valence-electron chi connectivity index (χ3n) is 3.77. The predicted molar refractivity (Wildman–Crippen MR) is 88.3 cm³/mol. The molecule has 0 bridgehead atoms. The number of fused-ring (bicyclic) bond motifs is 1. The van der Waals surface area contributed by atoms with Gasteiger partial charge >= 0.3 is 0 Å². The predicted octanol–water partition coefficient (Wildman–Crippen LogP) is 4.70. The van der Waals surface area contributed by atoms with Gasteiger partial charge in [-0.15, -0.1) is 0 Å². The number of hydrogen-bond acceptors (Lipinski definition) is 3. The van der Waals surface area contributed by atoms with E-state index in [1.807, 2.05) is 12.1 Å². The topological polar surface area (TPSA) is 30.5 Å². The average Bonchev–Trinajstić information content (AvgIpc) is 2.51. The van der Waals surface area contributed by atoms with Crippen molar-refractivity contribution >= 4 is 21.6 Å². The number of hydrogen-bond donors (Lipinski definition) is 1. The maximum Gasteiger partial charge on any atom is 0.124 e. The molecule has 0 aromatic heterocycles. The zero-order chi connectivity index (χ0) is 14.8. The van der Waals surface area contributed by atoms with Crippen molar-refractivity contribution in [2.75, 3.05) is 19.0 Å². The fourth-order valence-electron chi connectivity index (χ4n) is 2.53. The van der Waals surface area contributed by atoms with Crippen LogP contribution < -0.4 is 14.8 Å². The van der Waals surface area contributed by atoms with Gasteiger partial charge in [0.25, 0.3) is 0 Å². The van der Waals surface area contributed by atoms with E-state index in [4.69, 9.17) is 9.47 Å². The second-order valence-electron chi connectivity index (χ2n) is 5.20. The zero-order valence-corrected chi connectivity index (χ0v) is 13.7. The highest BCUT2D eigenvalue weighted by atomic mass is 79.9. The van der Waals surface area contributed by atoms with E-state index in [9.17, 15) is 0 Å². The first-order valence-electron chi connectivity index (χ1n) is 7.01. The van der Waals surface area contributed by atoms with Gasteiger partial charge in [-0.2, -0.15) is 0 Å². The molecule has 0 spiro atoms. The Morgan fingerprint density at radius 2 is 2.10 bits per heavy atom. The number of rotatable bonds is 3. The molecule has 0 amide bonds. The van der Waals surface area contributed by atoms with Crippen LogP contribution in [0.2, 0.25) is 0 Å². The smallest absolute Gasteiger partial charge is 0.124 e. The van der Waals surface area contributed by atoms with E-state index in [0.29, 0.717) is 0 Å². The van der Waals surface area contributed by atoms with Gasteiger partial charge in [-0.1, -0.05) is 22.0 Å². The Kier molecular flexibility index (Phi) is 4.06. The minimum absolute atomic E-state index is 0.235. The molecule has 1 aliphatic heterocycles. The molecule has 0 saturated carbocycles. The molecule has 21 heavy (non-hydrogen) atoms. The maximum atomic E-state index is 5.73. The van der Waals surface area contributed by atoms with Gasteiger partial charge in [-0.25, -0.2) is 0 Å². The summed E-state index contributed by atoms with van der Waals surface area (Å²) in [6, 6.07) is 12.5. The van der Waals surface area contributed by atoms with Crippen LogP contribution in [0.5, 0.6) is 11.5 Å². The SMILES string of the molecule is COc1ccc2c(c1)C(Nc1ccc(C)c(Br)c1)CCO2. The van der Waals surface area contributed by atoms with E-state index in [1.165, 1.54) is 5.56 Å². The first-order chi connectivity index (χ1) is 10.2. The number of anilines is 1. The highest BCUT2D eigenvalue weighted by Gasteiger charge is 2.22. The van der Waals surface area contributed by atoms with Crippen LogP contribution in [0.1, 0.15) is 23.6 Å². The quantitative estimate of drug-likeness (QED) is 0.872. The van der Waals surface area contributed by atoms with E-state index < -0.39 is 0 Å². The molecule has 3 nitrogen and oxygen atoms in total. The van der Waals surface area contributed by atoms with E-state index >= 15 is 0 Å². The van der Waals surface area contributed by atoms with Crippen molar-refractivity contribution in [2.45, 2.75) is 19.4 Å². The van der Waals surface area contributed by atoms with E-state index in [2.05, 4.69) is 52.4 Å². The molecule has 4 heteroatoms. The van der Waals surface area contributed by atoms with Crippen molar-refractivity contribution < 1.29 is 9.47 Å². The van der Waals surface area contributed by atoms with Crippen molar-refractivity contribution in [3.8, 4) is 11.5 Å². The van der Waals surface area contributed by atoms with Crippen LogP contribution in [0.4, 0.5) is 5.69 Å². The molecule has 2 aromatic carbocycles. The van der Waals surface area contributed by atoms with Gasteiger partial charge in [0.15, 0.2) is 0 Å². The Morgan fingerprint density at radius 1 is 1.24 bits per heavy atom. The summed E-state index contributed by atoms with van der Waals surface area (Å²) < 4.78 is 12.2. The van der Waals surface area contributed by atoms with Crippen LogP contribution in [0.3, 0.4) is 0 Å². The van der Waals surface area contributed by atoms with Crippen molar-refractivity contribution in [1.82, 2.24) is 0 Å². The van der Waals surface area contributed by atoms with Gasteiger partial charge in [0.2, 0.25) is 0 Å². The second-order valence-corrected chi connectivity index (χ2v) is 6.06. The summed E-state index contributed by atoms with van der Waals surface area (Å²) in [7, 11) is 1.69. The number of halogens is 1. The largest absolute Gasteiger partial charge is 0.497 e. The lowest BCUT2D eigenvalue weighted by Gasteiger charge is -2.28. The standard InChI is InChI=1S/C17H18BrNO2/c1-11-3-4-12(9-15(11)18)19-16-7-8-21-17-6-5-13(20-2)10-14(16)17/h3-6,9-10,16,19H,7-8H2,1-2H3. The molecular weight excluding hydrogens is 330 g/mol. The Balaban J connectivity index is 1.88. The molecule has 1 N–H and O–H groups in total. The monoisotopic (exact) mass is 347 g/mol. The third-order valence-corrected chi connectivity index (χ3v) is 4.62. The summed E-state index contributed by atoms with van der Waals surface area (Å²) in [5.41, 5.74) is 3.49. The lowest BCUT2D eigenvalue weighted by molar-refractivity contribution is 0.273. The molecule has 110 valence electrons. The average molecular weight is 348 g/mol. The lowest BCUT2D eigenvalue weighted by atomic mass is 9.99. The molecule has 2 aromatic rings. The molecular formula is C17H18BrNO2. The molecule has 0 saturated heterocycles. The molecule has 0 aliphatic carbocycles. The molecule has 1 atom stereocenters. The molecule has 1 heterocycles. The van der Waals surface area contributed by atoms with Gasteiger partial charge < -0.3 is 14.8 Å². The Labute approximate surface area is 133 Å². The Morgan fingerprint density at radius 3 is 2.86 bits per heavy atom. The van der Waals surface area contributed by atoms with E-state index in [1.54, 1.807) is 7.11 Å². The molecule has 3 rings (SSSR count). The molecule has 1 aliphatic rings. The molecule has 1 unspecified atom stereocenters. The minimum Gasteiger partial charge on any atom is -0.497 e. The summed E-state index contributed by atoms with van der Waals surface area (Å²) in [5, 5.41) is 3.59. The second kappa shape index (κ2) is 5.98. The van der Waals surface area contributed by atoms with Gasteiger partial charge in [0, 0.05) is 22.1 Å². The van der Waals surface area contributed by atoms with Gasteiger partial charge in [-0.3, -0.25) is 0 Å². The Bertz CT molecular complexity index is 657. The first-order valence-corrected chi connectivity index (χ1v) is 7.80. The van der Waals surface area contributed by atoms with Gasteiger partial charge in [-0.05, 0) is 42.8 Å². The van der Waals surface area contributed by atoms with Gasteiger partial charge in [0.05, 0.1) is 19.8 Å². The minimum atomic E-state index is 0.235. The summed E-state index contributed by atoms with van der Waals surface area (Å²) >= 11 is 3.58. The number of methoxy groups -OCH3 is 1. The highest BCUT2D eigenvalue weighted by Crippen LogP contribution is 2.37. The molecule has 0 radical (unpaired) electrons. The van der Waals surface area contributed by atoms with Crippen molar-refractivity contribution in [2.24, 2.45) is 0 Å². The van der Waals surface area contributed by atoms with Crippen molar-refractivity contribution in [1.29, 1.82) is 0 Å². The van der Waals surface area contributed by atoms with Crippen LogP contribution in [0.25, 0.3) is 0 Å². The van der Waals surface area contributed by atoms with Gasteiger partial charge in [0.1, 0.15) is 11.5 Å². The molecule has 0 fully saturated rings. The number of aryl methyl sites for hydroxylation is 1. The van der Waals surface area contributed by atoms with Crippen LogP contribution >= 0.6 is 15.9 Å². The summed E-state index contributed by atoms with van der Waals surface area (Å²) in [5.74, 6) is 1.79. The fourth-order valence-corrected chi connectivity index (χ4v) is 2.91. The van der Waals surface area contributed by atoms with E-state index in [-0.39, 0.29) is 6.04 Å². The Hall–Kier alpha value is -1.68. The van der Waals surface area contributed by atoms with Crippen LogP contribution in [-0.4, -0.2) is 13.7 Å². The normalized spacial score (nSPS) is 16.8. The highest BCUT2D eigenvalue weighted by molar-refractivity contribution is 9.10. The van der Waals surface area contributed by atoms with E-state index in [0.717, 1.165) is 40.3 Å². The van der Waals surface area contributed by atoms with Crippen LogP contribution in [0.15, 0.2) is 40.9 Å². The third kappa shape index (κ3) is 3.00. The fraction of sp³-hybridized carbons (Fsp3) is 0.294. The number of nitrogens with one attached hydrogen (secondary N) is 1. The van der Waals surface area contributed by atoms with Crippen molar-refractivity contribution in [3.63, 3.8) is 0 Å². The maximum absolute atomic E-state index is 5.73. The summed E-state index contributed by atoms with van der Waals surface area (Å²) in [4.78, 5) is 0. The van der Waals surface area contributed by atoms with Crippen LogP contribution in [0, 0.1) is 6.92 Å². The van der Waals surface area contributed by atoms with Crippen LogP contribution in [-0.2, 0) is 0 Å². The lowest BCUT2D eigenvalue weighted by Crippen LogP contribution is -2.20. The first kappa shape index (κ1) is 14.3. The summed E-state index contributed by atoms with van der Waals surface area (Å²) in [6.07, 6.45) is 0.936. The number of benzene rings is 2. The number of ether oxygens (including phenoxy) is 2. The van der Waals surface area contributed by atoms with Crippen molar-refractivity contribution in [3.05, 3.63) is 52.0 Å². The summed E-state index contributed by atoms with van der Waals surface area (Å²) in [6.45, 7) is 2.81. The zero-order valence-electron chi connectivity index (χ0n) is 12.2.